The molecule has 5 heteroatoms. The van der Waals surface area contributed by atoms with E-state index in [1.54, 1.807) is 23.1 Å². The van der Waals surface area contributed by atoms with Crippen molar-refractivity contribution in [1.29, 1.82) is 0 Å². The van der Waals surface area contributed by atoms with Gasteiger partial charge >= 0.3 is 0 Å². The first-order valence-corrected chi connectivity index (χ1v) is 8.63. The summed E-state index contributed by atoms with van der Waals surface area (Å²) in [6.07, 6.45) is -0.413. The van der Waals surface area contributed by atoms with Gasteiger partial charge in [0.25, 0.3) is 5.91 Å². The number of benzene rings is 3. The Balaban J connectivity index is 1.85. The molecule has 0 bridgehead atoms. The molecule has 1 aliphatic heterocycles. The van der Waals surface area contributed by atoms with Crippen LogP contribution in [0, 0.1) is 5.82 Å². The second kappa shape index (κ2) is 6.33. The van der Waals surface area contributed by atoms with E-state index in [0.29, 0.717) is 5.56 Å². The van der Waals surface area contributed by atoms with Crippen molar-refractivity contribution in [3.8, 4) is 0 Å². The normalized spacial score (nSPS) is 16.3. The van der Waals surface area contributed by atoms with Gasteiger partial charge in [0, 0.05) is 15.8 Å². The number of anilines is 2. The van der Waals surface area contributed by atoms with E-state index < -0.39 is 6.17 Å². The predicted octanol–water partition coefficient (Wildman–Crippen LogP) is 5.36. The summed E-state index contributed by atoms with van der Waals surface area (Å²) in [6, 6.07) is 21.2. The molecule has 0 fully saturated rings. The fourth-order valence-corrected chi connectivity index (χ4v) is 3.26. The molecule has 0 aromatic heterocycles. The van der Waals surface area contributed by atoms with E-state index in [1.165, 1.54) is 12.1 Å². The van der Waals surface area contributed by atoms with Gasteiger partial charge in [-0.15, -0.1) is 0 Å². The fraction of sp³-hybridized carbons (Fsp3) is 0.0500. The van der Waals surface area contributed by atoms with Crippen LogP contribution in [0.4, 0.5) is 15.8 Å². The predicted molar refractivity (Wildman–Crippen MR) is 100 cm³/mol. The molecule has 124 valence electrons. The molecule has 4 rings (SSSR count). The number of carbonyl (C=O) groups is 1. The molecule has 25 heavy (non-hydrogen) atoms. The Kier molecular flexibility index (Phi) is 4.01. The van der Waals surface area contributed by atoms with Gasteiger partial charge in [-0.2, -0.15) is 0 Å². The first-order valence-electron chi connectivity index (χ1n) is 7.83. The molecule has 1 amide bonds. The molecule has 1 heterocycles. The maximum absolute atomic E-state index is 13.3. The minimum atomic E-state index is -0.413. The average Bonchev–Trinajstić information content (AvgIpc) is 2.63. The smallest absolute Gasteiger partial charge is 0.262 e. The number of nitrogens with zero attached hydrogens (tertiary/aromatic N) is 1. The van der Waals surface area contributed by atoms with Crippen LogP contribution in [0.1, 0.15) is 22.1 Å². The number of rotatable bonds is 2. The minimum absolute atomic E-state index is 0.0917. The summed E-state index contributed by atoms with van der Waals surface area (Å²) in [4.78, 5) is 14.8. The number of halogens is 2. The van der Waals surface area contributed by atoms with E-state index in [2.05, 4.69) is 21.2 Å². The molecule has 3 aromatic rings. The highest BCUT2D eigenvalue weighted by molar-refractivity contribution is 9.10. The third-order valence-corrected chi connectivity index (χ3v) is 4.75. The summed E-state index contributed by atoms with van der Waals surface area (Å²) in [7, 11) is 0. The van der Waals surface area contributed by atoms with Crippen molar-refractivity contribution in [3.05, 3.63) is 94.2 Å². The molecule has 1 atom stereocenters. The Morgan fingerprint density at radius 3 is 2.32 bits per heavy atom. The highest BCUT2D eigenvalue weighted by atomic mass is 79.9. The van der Waals surface area contributed by atoms with Crippen LogP contribution in [0.5, 0.6) is 0 Å². The van der Waals surface area contributed by atoms with Gasteiger partial charge < -0.3 is 5.32 Å². The van der Waals surface area contributed by atoms with Crippen molar-refractivity contribution >= 4 is 33.2 Å². The number of hydrogen-bond donors (Lipinski definition) is 1. The lowest BCUT2D eigenvalue weighted by atomic mass is 10.0. The lowest BCUT2D eigenvalue weighted by Gasteiger charge is -2.38. The molecule has 0 spiro atoms. The van der Waals surface area contributed by atoms with E-state index in [0.717, 1.165) is 21.4 Å². The fourth-order valence-electron chi connectivity index (χ4n) is 3.00. The number of fused-ring (bicyclic) bond motifs is 1. The molecule has 0 aliphatic carbocycles. The van der Waals surface area contributed by atoms with Gasteiger partial charge in [-0.3, -0.25) is 9.69 Å². The molecule has 3 nitrogen and oxygen atoms in total. The number of para-hydroxylation sites is 1. The molecule has 1 aliphatic rings. The Morgan fingerprint density at radius 2 is 1.60 bits per heavy atom. The number of carbonyl (C=O) groups excluding carboxylic acids is 1. The highest BCUT2D eigenvalue weighted by Crippen LogP contribution is 2.36. The van der Waals surface area contributed by atoms with Crippen LogP contribution in [-0.4, -0.2) is 5.91 Å². The monoisotopic (exact) mass is 396 g/mol. The second-order valence-electron chi connectivity index (χ2n) is 5.80. The Bertz CT molecular complexity index is 925. The van der Waals surface area contributed by atoms with Crippen molar-refractivity contribution in [2.45, 2.75) is 6.17 Å². The van der Waals surface area contributed by atoms with E-state index in [1.807, 2.05) is 42.5 Å². The van der Waals surface area contributed by atoms with Crippen molar-refractivity contribution in [3.63, 3.8) is 0 Å². The third-order valence-electron chi connectivity index (χ3n) is 4.22. The van der Waals surface area contributed by atoms with Gasteiger partial charge in [-0.1, -0.05) is 40.2 Å². The van der Waals surface area contributed by atoms with E-state index in [-0.39, 0.29) is 11.7 Å². The first kappa shape index (κ1) is 15.8. The van der Waals surface area contributed by atoms with Crippen LogP contribution < -0.4 is 10.2 Å². The lowest BCUT2D eigenvalue weighted by Crippen LogP contribution is -2.43. The minimum Gasteiger partial charge on any atom is -0.360 e. The van der Waals surface area contributed by atoms with E-state index in [4.69, 9.17) is 0 Å². The highest BCUT2D eigenvalue weighted by Gasteiger charge is 2.33. The van der Waals surface area contributed by atoms with Gasteiger partial charge in [-0.25, -0.2) is 4.39 Å². The van der Waals surface area contributed by atoms with Crippen molar-refractivity contribution < 1.29 is 9.18 Å². The molecular weight excluding hydrogens is 383 g/mol. The van der Waals surface area contributed by atoms with Gasteiger partial charge in [-0.05, 0) is 54.1 Å². The number of hydrogen-bond acceptors (Lipinski definition) is 2. The van der Waals surface area contributed by atoms with Gasteiger partial charge in [0.15, 0.2) is 0 Å². The maximum atomic E-state index is 13.3. The molecule has 0 radical (unpaired) electrons. The van der Waals surface area contributed by atoms with Crippen LogP contribution >= 0.6 is 15.9 Å². The summed E-state index contributed by atoms with van der Waals surface area (Å²) < 4.78 is 14.3. The van der Waals surface area contributed by atoms with Crippen molar-refractivity contribution in [2.75, 3.05) is 10.2 Å². The quantitative estimate of drug-likeness (QED) is 0.632. The molecule has 0 saturated heterocycles. The second-order valence-corrected chi connectivity index (χ2v) is 6.71. The lowest BCUT2D eigenvalue weighted by molar-refractivity contribution is 0.0975. The summed E-state index contributed by atoms with van der Waals surface area (Å²) in [6.45, 7) is 0. The van der Waals surface area contributed by atoms with Crippen molar-refractivity contribution in [1.82, 2.24) is 0 Å². The average molecular weight is 397 g/mol. The Hall–Kier alpha value is -2.66. The largest absolute Gasteiger partial charge is 0.360 e. The summed E-state index contributed by atoms with van der Waals surface area (Å²) in [5.41, 5.74) is 2.97. The Labute approximate surface area is 153 Å². The van der Waals surface area contributed by atoms with Crippen LogP contribution in [0.3, 0.4) is 0 Å². The van der Waals surface area contributed by atoms with Crippen LogP contribution in [0.25, 0.3) is 0 Å². The van der Waals surface area contributed by atoms with E-state index in [9.17, 15) is 9.18 Å². The summed E-state index contributed by atoms with van der Waals surface area (Å²) in [5, 5.41) is 3.40. The third kappa shape index (κ3) is 2.91. The SMILES string of the molecule is O=C1c2ccccc2N[C@H](c2ccc(F)cc2)N1c1ccc(Br)cc1. The molecular formula is C20H14BrFN2O. The topological polar surface area (TPSA) is 32.3 Å². The molecule has 0 unspecified atom stereocenters. The van der Waals surface area contributed by atoms with Crippen molar-refractivity contribution in [2.24, 2.45) is 0 Å². The van der Waals surface area contributed by atoms with Crippen LogP contribution in [-0.2, 0) is 0 Å². The molecule has 0 saturated carbocycles. The zero-order chi connectivity index (χ0) is 17.4. The standard InChI is InChI=1S/C20H14BrFN2O/c21-14-7-11-16(12-8-14)24-19(13-5-9-15(22)10-6-13)23-18-4-2-1-3-17(18)20(24)25/h1-12,19,23H/t19-/m0/s1. The van der Waals surface area contributed by atoms with Gasteiger partial charge in [0.1, 0.15) is 12.0 Å². The first-order chi connectivity index (χ1) is 12.1. The van der Waals surface area contributed by atoms with Gasteiger partial charge in [0.2, 0.25) is 0 Å². The summed E-state index contributed by atoms with van der Waals surface area (Å²) >= 11 is 3.42. The number of nitrogens with one attached hydrogen (secondary N) is 1. The maximum Gasteiger partial charge on any atom is 0.262 e. The zero-order valence-electron chi connectivity index (χ0n) is 13.1. The zero-order valence-corrected chi connectivity index (χ0v) is 14.7. The number of amides is 1. The molecule has 1 N–H and O–H groups in total. The Morgan fingerprint density at radius 1 is 0.920 bits per heavy atom. The van der Waals surface area contributed by atoms with Crippen LogP contribution in [0.2, 0.25) is 0 Å². The van der Waals surface area contributed by atoms with Crippen LogP contribution in [0.15, 0.2) is 77.3 Å². The van der Waals surface area contributed by atoms with E-state index >= 15 is 0 Å². The molecule has 3 aromatic carbocycles. The van der Waals surface area contributed by atoms with Gasteiger partial charge in [0.05, 0.1) is 5.56 Å². The summed E-state index contributed by atoms with van der Waals surface area (Å²) in [5.74, 6) is -0.396.